The van der Waals surface area contributed by atoms with Crippen molar-refractivity contribution >= 4 is 27.4 Å². The first-order valence-electron chi connectivity index (χ1n) is 11.7. The zero-order valence-corrected chi connectivity index (χ0v) is 21.1. The molecule has 0 aliphatic carbocycles. The van der Waals surface area contributed by atoms with Crippen LogP contribution in [0.4, 0.5) is 5.69 Å². The molecular formula is C26H30N4O4S. The number of ketones is 1. The van der Waals surface area contributed by atoms with Crippen LogP contribution in [0.25, 0.3) is 0 Å². The number of carbonyl (C=O) groups is 2. The van der Waals surface area contributed by atoms with Crippen molar-refractivity contribution in [1.29, 1.82) is 0 Å². The van der Waals surface area contributed by atoms with Crippen molar-refractivity contribution in [3.05, 3.63) is 76.6 Å². The molecule has 35 heavy (non-hydrogen) atoms. The highest BCUT2D eigenvalue weighted by atomic mass is 32.2. The van der Waals surface area contributed by atoms with Gasteiger partial charge in [-0.3, -0.25) is 14.3 Å². The molecular weight excluding hydrogens is 464 g/mol. The highest BCUT2D eigenvalue weighted by molar-refractivity contribution is 7.89. The molecule has 1 aliphatic heterocycles. The van der Waals surface area contributed by atoms with Crippen molar-refractivity contribution < 1.29 is 18.0 Å². The Hall–Kier alpha value is -3.30. The van der Waals surface area contributed by atoms with Crippen LogP contribution >= 0.6 is 0 Å². The van der Waals surface area contributed by atoms with Crippen LogP contribution in [-0.4, -0.2) is 47.3 Å². The van der Waals surface area contributed by atoms with Crippen LogP contribution < -0.4 is 5.32 Å². The van der Waals surface area contributed by atoms with Gasteiger partial charge < -0.3 is 5.32 Å². The summed E-state index contributed by atoms with van der Waals surface area (Å²) in [5, 5.41) is 7.32. The van der Waals surface area contributed by atoms with E-state index >= 15 is 0 Å². The topological polar surface area (TPSA) is 101 Å². The van der Waals surface area contributed by atoms with Gasteiger partial charge in [0.15, 0.2) is 5.78 Å². The van der Waals surface area contributed by atoms with Crippen molar-refractivity contribution in [3.63, 3.8) is 0 Å². The average Bonchev–Trinajstić information content (AvgIpc) is 3.13. The molecule has 2 heterocycles. The standard InChI is InChI=1S/C26H30N4O4S/c1-18-25(35(33,34)29-14-5-4-6-15-29)19(2)30(28-18)17-21-10-12-22(13-11-21)26(32)27-24-9-7-8-23(16-24)20(3)31/h7-13,16H,4-6,14-15,17H2,1-3H3,(H,27,32). The molecule has 0 atom stereocenters. The Morgan fingerprint density at radius 1 is 0.971 bits per heavy atom. The second-order valence-corrected chi connectivity index (χ2v) is 10.8. The third-order valence-corrected chi connectivity index (χ3v) is 8.46. The summed E-state index contributed by atoms with van der Waals surface area (Å²) in [6.07, 6.45) is 2.82. The summed E-state index contributed by atoms with van der Waals surface area (Å²) in [4.78, 5) is 24.5. The summed E-state index contributed by atoms with van der Waals surface area (Å²) in [7, 11) is -3.58. The Labute approximate surface area is 206 Å². The van der Waals surface area contributed by atoms with Gasteiger partial charge in [0.05, 0.1) is 17.9 Å². The van der Waals surface area contributed by atoms with Gasteiger partial charge in [0.1, 0.15) is 4.90 Å². The van der Waals surface area contributed by atoms with Gasteiger partial charge in [-0.2, -0.15) is 9.40 Å². The van der Waals surface area contributed by atoms with E-state index in [-0.39, 0.29) is 11.7 Å². The number of carbonyl (C=O) groups excluding carboxylic acids is 2. The molecule has 1 aliphatic rings. The number of aryl methyl sites for hydroxylation is 1. The quantitative estimate of drug-likeness (QED) is 0.497. The minimum Gasteiger partial charge on any atom is -0.322 e. The van der Waals surface area contributed by atoms with Crippen molar-refractivity contribution in [2.75, 3.05) is 18.4 Å². The maximum absolute atomic E-state index is 13.2. The Morgan fingerprint density at radius 3 is 2.31 bits per heavy atom. The van der Waals surface area contributed by atoms with Crippen LogP contribution in [-0.2, 0) is 16.6 Å². The van der Waals surface area contributed by atoms with Gasteiger partial charge in [0.2, 0.25) is 10.0 Å². The number of piperidine rings is 1. The fraction of sp³-hybridized carbons (Fsp3) is 0.346. The van der Waals surface area contributed by atoms with E-state index in [2.05, 4.69) is 10.4 Å². The molecule has 1 aromatic heterocycles. The van der Waals surface area contributed by atoms with Crippen LogP contribution in [0.3, 0.4) is 0 Å². The minimum absolute atomic E-state index is 0.0681. The summed E-state index contributed by atoms with van der Waals surface area (Å²) < 4.78 is 29.7. The normalized spacial score (nSPS) is 14.6. The van der Waals surface area contributed by atoms with Crippen LogP contribution in [0.2, 0.25) is 0 Å². The molecule has 1 amide bonds. The first-order valence-corrected chi connectivity index (χ1v) is 13.2. The summed E-state index contributed by atoms with van der Waals surface area (Å²) in [5.41, 5.74) is 3.56. The number of Topliss-reactive ketones (excluding diaryl/α,β-unsaturated/α-hetero) is 1. The van der Waals surface area contributed by atoms with E-state index in [0.29, 0.717) is 52.7 Å². The van der Waals surface area contributed by atoms with E-state index < -0.39 is 10.0 Å². The largest absolute Gasteiger partial charge is 0.322 e. The molecule has 184 valence electrons. The number of benzene rings is 2. The first-order chi connectivity index (χ1) is 16.7. The lowest BCUT2D eigenvalue weighted by Crippen LogP contribution is -2.36. The van der Waals surface area contributed by atoms with E-state index in [9.17, 15) is 18.0 Å². The van der Waals surface area contributed by atoms with Crippen molar-refractivity contribution in [2.24, 2.45) is 0 Å². The van der Waals surface area contributed by atoms with Gasteiger partial charge in [-0.05, 0) is 63.4 Å². The zero-order chi connectivity index (χ0) is 25.2. The smallest absolute Gasteiger partial charge is 0.255 e. The third kappa shape index (κ3) is 5.36. The second kappa shape index (κ2) is 10.1. The molecule has 0 radical (unpaired) electrons. The van der Waals surface area contributed by atoms with E-state index in [0.717, 1.165) is 24.8 Å². The first kappa shape index (κ1) is 24.8. The number of amides is 1. The van der Waals surface area contributed by atoms with Crippen LogP contribution in [0, 0.1) is 13.8 Å². The number of aromatic nitrogens is 2. The third-order valence-electron chi connectivity index (χ3n) is 6.30. The fourth-order valence-electron chi connectivity index (χ4n) is 4.40. The number of anilines is 1. The Balaban J connectivity index is 1.48. The van der Waals surface area contributed by atoms with Crippen LogP contribution in [0.5, 0.6) is 0 Å². The van der Waals surface area contributed by atoms with E-state index in [1.165, 1.54) is 6.92 Å². The molecule has 0 bridgehead atoms. The minimum atomic E-state index is -3.58. The second-order valence-electron chi connectivity index (χ2n) is 8.91. The lowest BCUT2D eigenvalue weighted by atomic mass is 10.1. The fourth-order valence-corrected chi connectivity index (χ4v) is 6.29. The summed E-state index contributed by atoms with van der Waals surface area (Å²) >= 11 is 0. The Kier molecular flexibility index (Phi) is 7.18. The van der Waals surface area contributed by atoms with Crippen molar-refractivity contribution in [1.82, 2.24) is 14.1 Å². The number of nitrogens with one attached hydrogen (secondary N) is 1. The van der Waals surface area contributed by atoms with E-state index in [1.807, 2.05) is 12.1 Å². The Morgan fingerprint density at radius 2 is 1.66 bits per heavy atom. The lowest BCUT2D eigenvalue weighted by Gasteiger charge is -2.26. The van der Waals surface area contributed by atoms with Gasteiger partial charge >= 0.3 is 0 Å². The molecule has 0 saturated carbocycles. The van der Waals surface area contributed by atoms with Crippen LogP contribution in [0.1, 0.15) is 63.9 Å². The molecule has 0 unspecified atom stereocenters. The number of hydrogen-bond acceptors (Lipinski definition) is 5. The lowest BCUT2D eigenvalue weighted by molar-refractivity contribution is 0.101. The zero-order valence-electron chi connectivity index (χ0n) is 20.2. The summed E-state index contributed by atoms with van der Waals surface area (Å²) in [6, 6.07) is 13.9. The van der Waals surface area contributed by atoms with Gasteiger partial charge in [-0.1, -0.05) is 30.7 Å². The number of hydrogen-bond donors (Lipinski definition) is 1. The van der Waals surface area contributed by atoms with Gasteiger partial charge in [0.25, 0.3) is 5.91 Å². The molecule has 9 heteroatoms. The maximum atomic E-state index is 13.2. The highest BCUT2D eigenvalue weighted by Gasteiger charge is 2.31. The van der Waals surface area contributed by atoms with Gasteiger partial charge in [-0.25, -0.2) is 8.42 Å². The molecule has 4 rings (SSSR count). The van der Waals surface area contributed by atoms with Crippen molar-refractivity contribution in [2.45, 2.75) is 51.5 Å². The van der Waals surface area contributed by atoms with Gasteiger partial charge in [0, 0.05) is 29.9 Å². The number of nitrogens with zero attached hydrogens (tertiary/aromatic N) is 3. The molecule has 1 saturated heterocycles. The molecule has 0 spiro atoms. The predicted molar refractivity (Wildman–Crippen MR) is 134 cm³/mol. The monoisotopic (exact) mass is 494 g/mol. The molecule has 1 N–H and O–H groups in total. The van der Waals surface area contributed by atoms with E-state index in [1.54, 1.807) is 59.2 Å². The summed E-state index contributed by atoms with van der Waals surface area (Å²) in [6.45, 7) is 6.49. The van der Waals surface area contributed by atoms with E-state index in [4.69, 9.17) is 0 Å². The molecule has 3 aromatic rings. The number of rotatable bonds is 7. The summed E-state index contributed by atoms with van der Waals surface area (Å²) in [5.74, 6) is -0.347. The van der Waals surface area contributed by atoms with Gasteiger partial charge in [-0.15, -0.1) is 0 Å². The van der Waals surface area contributed by atoms with Crippen LogP contribution in [0.15, 0.2) is 53.4 Å². The van der Waals surface area contributed by atoms with Crippen molar-refractivity contribution in [3.8, 4) is 0 Å². The highest BCUT2D eigenvalue weighted by Crippen LogP contribution is 2.26. The Bertz CT molecular complexity index is 1350. The molecule has 2 aromatic carbocycles. The SMILES string of the molecule is CC(=O)c1cccc(NC(=O)c2ccc(Cn3nc(C)c(S(=O)(=O)N4CCCCC4)c3C)cc2)c1. The predicted octanol–water partition coefficient (Wildman–Crippen LogP) is 4.18. The molecule has 8 nitrogen and oxygen atoms in total. The maximum Gasteiger partial charge on any atom is 0.255 e. The molecule has 1 fully saturated rings. The number of sulfonamides is 1. The average molecular weight is 495 g/mol.